The zero-order valence-electron chi connectivity index (χ0n) is 20.6. The smallest absolute Gasteiger partial charge is 0.191 e. The van der Waals surface area contributed by atoms with E-state index in [-0.39, 0.29) is 30.0 Å². The summed E-state index contributed by atoms with van der Waals surface area (Å²) in [6.07, 6.45) is 6.80. The number of halogens is 1. The number of hydrogen-bond donors (Lipinski definition) is 2. The van der Waals surface area contributed by atoms with E-state index in [9.17, 15) is 0 Å². The number of fused-ring (bicyclic) bond motifs is 1. The summed E-state index contributed by atoms with van der Waals surface area (Å²) in [5.41, 5.74) is 1.32. The minimum atomic E-state index is 0. The molecule has 0 aliphatic carbocycles. The van der Waals surface area contributed by atoms with Crippen LogP contribution in [-0.4, -0.2) is 58.3 Å². The van der Waals surface area contributed by atoms with E-state index < -0.39 is 0 Å². The predicted octanol–water partition coefficient (Wildman–Crippen LogP) is 4.19. The van der Waals surface area contributed by atoms with Crippen LogP contribution in [0.1, 0.15) is 69.7 Å². The molecule has 0 amide bonds. The van der Waals surface area contributed by atoms with Crippen LogP contribution in [-0.2, 0) is 19.4 Å². The molecule has 0 radical (unpaired) electrons. The first-order valence-electron chi connectivity index (χ1n) is 12.5. The molecular weight excluding hydrogens is 525 g/mol. The van der Waals surface area contributed by atoms with Gasteiger partial charge in [0, 0.05) is 32.5 Å². The van der Waals surface area contributed by atoms with Gasteiger partial charge in [-0.25, -0.2) is 0 Å². The molecule has 2 N–H and O–H groups in total. The van der Waals surface area contributed by atoms with Gasteiger partial charge in [0.15, 0.2) is 5.96 Å². The summed E-state index contributed by atoms with van der Waals surface area (Å²) in [6.45, 7) is 12.1. The minimum absolute atomic E-state index is 0. The molecule has 3 rings (SSSR count). The fourth-order valence-electron chi connectivity index (χ4n) is 4.47. The fraction of sp³-hybridized carbons (Fsp3) is 0.640. The first kappa shape index (κ1) is 27.6. The summed E-state index contributed by atoms with van der Waals surface area (Å²) in [5.74, 6) is 3.20. The Morgan fingerprint density at radius 3 is 2.58 bits per heavy atom. The van der Waals surface area contributed by atoms with Crippen LogP contribution in [0.5, 0.6) is 0 Å². The van der Waals surface area contributed by atoms with Crippen LogP contribution in [0.3, 0.4) is 0 Å². The highest BCUT2D eigenvalue weighted by atomic mass is 127. The maximum absolute atomic E-state index is 4.94. The normalized spacial score (nSPS) is 14.8. The molecular formula is C25H42IN7. The molecule has 33 heavy (non-hydrogen) atoms. The zero-order chi connectivity index (χ0) is 22.6. The molecule has 1 unspecified atom stereocenters. The highest BCUT2D eigenvalue weighted by Gasteiger charge is 2.18. The third-order valence-corrected chi connectivity index (χ3v) is 6.26. The van der Waals surface area contributed by atoms with Crippen molar-refractivity contribution < 1.29 is 0 Å². The van der Waals surface area contributed by atoms with E-state index in [1.165, 1.54) is 30.7 Å². The van der Waals surface area contributed by atoms with Crippen molar-refractivity contribution in [3.8, 4) is 0 Å². The SMILES string of the molecule is CCNC(=NCC(c1ccccc1)N(CC)CC)NCCCc1nnc2n1CCCCC2.I. The third kappa shape index (κ3) is 8.24. The van der Waals surface area contributed by atoms with Crippen LogP contribution in [0.4, 0.5) is 0 Å². The molecule has 1 atom stereocenters. The zero-order valence-corrected chi connectivity index (χ0v) is 22.9. The van der Waals surface area contributed by atoms with E-state index in [1.807, 2.05) is 0 Å². The molecule has 2 aromatic rings. The van der Waals surface area contributed by atoms with Gasteiger partial charge in [-0.2, -0.15) is 0 Å². The average molecular weight is 568 g/mol. The lowest BCUT2D eigenvalue weighted by atomic mass is 10.1. The average Bonchev–Trinajstić information content (AvgIpc) is 3.05. The van der Waals surface area contributed by atoms with Gasteiger partial charge in [-0.05, 0) is 44.8 Å². The lowest BCUT2D eigenvalue weighted by Crippen LogP contribution is -2.39. The molecule has 0 bridgehead atoms. The van der Waals surface area contributed by atoms with E-state index in [0.29, 0.717) is 0 Å². The van der Waals surface area contributed by atoms with Gasteiger partial charge in [0.2, 0.25) is 0 Å². The molecule has 1 aliphatic rings. The van der Waals surface area contributed by atoms with Crippen molar-refractivity contribution >= 4 is 29.9 Å². The van der Waals surface area contributed by atoms with Crippen molar-refractivity contribution in [2.24, 2.45) is 4.99 Å². The molecule has 0 saturated heterocycles. The van der Waals surface area contributed by atoms with Gasteiger partial charge < -0.3 is 15.2 Å². The van der Waals surface area contributed by atoms with Crippen LogP contribution >= 0.6 is 24.0 Å². The fourth-order valence-corrected chi connectivity index (χ4v) is 4.47. The highest BCUT2D eigenvalue weighted by molar-refractivity contribution is 14.0. The van der Waals surface area contributed by atoms with Gasteiger partial charge in [-0.1, -0.05) is 50.6 Å². The second-order valence-electron chi connectivity index (χ2n) is 8.39. The first-order valence-corrected chi connectivity index (χ1v) is 12.5. The van der Waals surface area contributed by atoms with Gasteiger partial charge in [0.05, 0.1) is 12.6 Å². The van der Waals surface area contributed by atoms with Crippen molar-refractivity contribution in [1.29, 1.82) is 0 Å². The maximum atomic E-state index is 4.94. The maximum Gasteiger partial charge on any atom is 0.191 e. The molecule has 8 heteroatoms. The van der Waals surface area contributed by atoms with Crippen LogP contribution in [0.25, 0.3) is 0 Å². The standard InChI is InChI=1S/C25H41N7.HI/c1-4-26-25(28-20-22(31(5-2)6-3)21-14-9-7-10-15-21)27-18-13-17-24-30-29-23-16-11-8-12-19-32(23)24;/h7,9-10,14-15,22H,4-6,8,11-13,16-20H2,1-3H3,(H2,26,27,28);1H. The summed E-state index contributed by atoms with van der Waals surface area (Å²) < 4.78 is 2.35. The molecule has 0 spiro atoms. The lowest BCUT2D eigenvalue weighted by Gasteiger charge is -2.29. The number of aryl methyl sites for hydroxylation is 2. The van der Waals surface area contributed by atoms with Crippen molar-refractivity contribution in [1.82, 2.24) is 30.3 Å². The Labute approximate surface area is 216 Å². The second kappa shape index (κ2) is 15.3. The molecule has 2 heterocycles. The number of guanidine groups is 1. The summed E-state index contributed by atoms with van der Waals surface area (Å²) in [7, 11) is 0. The minimum Gasteiger partial charge on any atom is -0.357 e. The Hall–Kier alpha value is -1.68. The monoisotopic (exact) mass is 567 g/mol. The number of nitrogens with one attached hydrogen (secondary N) is 2. The Morgan fingerprint density at radius 1 is 1.06 bits per heavy atom. The van der Waals surface area contributed by atoms with Crippen LogP contribution in [0.2, 0.25) is 0 Å². The van der Waals surface area contributed by atoms with E-state index in [4.69, 9.17) is 4.99 Å². The topological polar surface area (TPSA) is 70.4 Å². The van der Waals surface area contributed by atoms with Gasteiger partial charge in [-0.3, -0.25) is 9.89 Å². The molecule has 1 aromatic heterocycles. The molecule has 0 fully saturated rings. The van der Waals surface area contributed by atoms with Crippen LogP contribution in [0, 0.1) is 0 Å². The number of aromatic nitrogens is 3. The van der Waals surface area contributed by atoms with Gasteiger partial charge in [0.1, 0.15) is 11.6 Å². The molecule has 1 aliphatic heterocycles. The number of hydrogen-bond acceptors (Lipinski definition) is 4. The number of aliphatic imine (C=N–C) groups is 1. The van der Waals surface area contributed by atoms with Crippen LogP contribution in [0.15, 0.2) is 35.3 Å². The van der Waals surface area contributed by atoms with E-state index in [1.54, 1.807) is 0 Å². The highest BCUT2D eigenvalue weighted by Crippen LogP contribution is 2.20. The van der Waals surface area contributed by atoms with Crippen molar-refractivity contribution in [3.05, 3.63) is 47.5 Å². The number of rotatable bonds is 11. The van der Waals surface area contributed by atoms with Gasteiger partial charge >= 0.3 is 0 Å². The van der Waals surface area contributed by atoms with Crippen molar-refractivity contribution in [2.75, 3.05) is 32.7 Å². The molecule has 0 saturated carbocycles. The lowest BCUT2D eigenvalue weighted by molar-refractivity contribution is 0.224. The number of likely N-dealkylation sites (N-methyl/N-ethyl adjacent to an activating group) is 1. The Kier molecular flexibility index (Phi) is 12.8. The Morgan fingerprint density at radius 2 is 1.85 bits per heavy atom. The Balaban J connectivity index is 0.00000385. The van der Waals surface area contributed by atoms with E-state index in [2.05, 4.69) is 81.4 Å². The summed E-state index contributed by atoms with van der Waals surface area (Å²) >= 11 is 0. The van der Waals surface area contributed by atoms with Crippen molar-refractivity contribution in [2.45, 2.75) is 71.9 Å². The summed E-state index contributed by atoms with van der Waals surface area (Å²) in [6, 6.07) is 11.0. The third-order valence-electron chi connectivity index (χ3n) is 6.26. The second-order valence-corrected chi connectivity index (χ2v) is 8.39. The van der Waals surface area contributed by atoms with Crippen LogP contribution < -0.4 is 10.6 Å². The quantitative estimate of drug-likeness (QED) is 0.185. The molecule has 184 valence electrons. The van der Waals surface area contributed by atoms with Gasteiger partial charge in [-0.15, -0.1) is 34.2 Å². The molecule has 1 aromatic carbocycles. The van der Waals surface area contributed by atoms with Gasteiger partial charge in [0.25, 0.3) is 0 Å². The number of benzene rings is 1. The number of nitrogens with zero attached hydrogens (tertiary/aromatic N) is 5. The molecule has 7 nitrogen and oxygen atoms in total. The summed E-state index contributed by atoms with van der Waals surface area (Å²) in [5, 5.41) is 15.8. The summed E-state index contributed by atoms with van der Waals surface area (Å²) in [4.78, 5) is 7.42. The predicted molar refractivity (Wildman–Crippen MR) is 147 cm³/mol. The van der Waals surface area contributed by atoms with E-state index >= 15 is 0 Å². The Bertz CT molecular complexity index is 817. The van der Waals surface area contributed by atoms with Crippen molar-refractivity contribution in [3.63, 3.8) is 0 Å². The first-order chi connectivity index (χ1) is 15.8. The van der Waals surface area contributed by atoms with E-state index in [0.717, 1.165) is 70.3 Å². The largest absolute Gasteiger partial charge is 0.357 e.